The summed E-state index contributed by atoms with van der Waals surface area (Å²) in [5.41, 5.74) is 4.08. The van der Waals surface area contributed by atoms with Gasteiger partial charge in [0.05, 0.1) is 6.10 Å². The number of hydrogen-bond donors (Lipinski definition) is 1. The van der Waals surface area contributed by atoms with Gasteiger partial charge in [-0.1, -0.05) is 57.9 Å². The molecule has 0 radical (unpaired) electrons. The molecule has 6 atom stereocenters. The third kappa shape index (κ3) is 3.40. The maximum atomic E-state index is 13.3. The molecule has 4 aliphatic rings. The first-order valence-electron chi connectivity index (χ1n) is 12.0. The highest BCUT2D eigenvalue weighted by Crippen LogP contribution is 2.64. The Balaban J connectivity index is 1.62. The van der Waals surface area contributed by atoms with Gasteiger partial charge in [0, 0.05) is 11.0 Å². The van der Waals surface area contributed by atoms with Crippen molar-refractivity contribution < 1.29 is 9.90 Å². The predicted molar refractivity (Wildman–Crippen MR) is 119 cm³/mol. The summed E-state index contributed by atoms with van der Waals surface area (Å²) in [6.07, 6.45) is 14.9. The Kier molecular flexibility index (Phi) is 5.47. The summed E-state index contributed by atoms with van der Waals surface area (Å²) in [7, 11) is 0. The lowest BCUT2D eigenvalue weighted by Crippen LogP contribution is -2.44. The first-order chi connectivity index (χ1) is 13.7. The van der Waals surface area contributed by atoms with Crippen molar-refractivity contribution in [2.45, 2.75) is 92.1 Å². The van der Waals surface area contributed by atoms with Crippen LogP contribution in [0.3, 0.4) is 0 Å². The van der Waals surface area contributed by atoms with E-state index in [1.807, 2.05) is 6.08 Å². The highest BCUT2D eigenvalue weighted by molar-refractivity contribution is 6.07. The fraction of sp³-hybridized carbons (Fsp3) is 0.741. The first-order valence-corrected chi connectivity index (χ1v) is 12.0. The van der Waals surface area contributed by atoms with Gasteiger partial charge >= 0.3 is 0 Å². The second-order valence-corrected chi connectivity index (χ2v) is 11.3. The van der Waals surface area contributed by atoms with Crippen LogP contribution in [0.5, 0.6) is 0 Å². The van der Waals surface area contributed by atoms with Crippen molar-refractivity contribution in [3.63, 3.8) is 0 Å². The van der Waals surface area contributed by atoms with Crippen molar-refractivity contribution in [1.82, 2.24) is 0 Å². The molecule has 0 spiro atoms. The van der Waals surface area contributed by atoms with E-state index in [1.165, 1.54) is 29.6 Å². The van der Waals surface area contributed by atoms with Gasteiger partial charge in [-0.15, -0.1) is 0 Å². The molecule has 2 saturated carbocycles. The van der Waals surface area contributed by atoms with E-state index >= 15 is 0 Å². The van der Waals surface area contributed by atoms with Crippen molar-refractivity contribution >= 4 is 5.78 Å². The monoisotopic (exact) mass is 396 g/mol. The quantitative estimate of drug-likeness (QED) is 0.558. The zero-order valence-corrected chi connectivity index (χ0v) is 19.1. The minimum Gasteiger partial charge on any atom is -0.393 e. The molecule has 4 aliphatic carbocycles. The minimum atomic E-state index is -0.271. The highest BCUT2D eigenvalue weighted by Gasteiger charge is 2.56. The fourth-order valence-corrected chi connectivity index (χ4v) is 7.29. The van der Waals surface area contributed by atoms with Crippen molar-refractivity contribution in [3.8, 4) is 0 Å². The summed E-state index contributed by atoms with van der Waals surface area (Å²) in [6, 6.07) is 0. The molecule has 1 unspecified atom stereocenters. The molecule has 2 fully saturated rings. The average molecular weight is 397 g/mol. The Morgan fingerprint density at radius 1 is 1.17 bits per heavy atom. The van der Waals surface area contributed by atoms with Gasteiger partial charge in [0.25, 0.3) is 0 Å². The van der Waals surface area contributed by atoms with Crippen molar-refractivity contribution in [2.24, 2.45) is 34.5 Å². The Labute approximate surface area is 177 Å². The van der Waals surface area contributed by atoms with Crippen LogP contribution in [-0.2, 0) is 4.79 Å². The third-order valence-corrected chi connectivity index (χ3v) is 9.06. The lowest BCUT2D eigenvalue weighted by Gasteiger charge is -2.51. The Morgan fingerprint density at radius 2 is 1.93 bits per heavy atom. The lowest BCUT2D eigenvalue weighted by molar-refractivity contribution is -0.113. The largest absolute Gasteiger partial charge is 0.393 e. The second kappa shape index (κ2) is 7.52. The molecule has 4 rings (SSSR count). The summed E-state index contributed by atoms with van der Waals surface area (Å²) in [4.78, 5) is 13.3. The lowest BCUT2D eigenvalue weighted by atomic mass is 9.53. The number of carbonyl (C=O) groups excluding carboxylic acids is 1. The Hall–Kier alpha value is -1.15. The number of hydrogen-bond acceptors (Lipinski definition) is 2. The van der Waals surface area contributed by atoms with Crippen LogP contribution in [0.4, 0.5) is 0 Å². The SMILES string of the molecule is CC(C)C/C=C/[C@@H](C)[C@H]1CC[C@H]2C3=C(CC[C@]12C)[C@@]1(C)CCC(O)CC1=CC3=O. The molecule has 0 aliphatic heterocycles. The summed E-state index contributed by atoms with van der Waals surface area (Å²) in [5, 5.41) is 10.2. The number of rotatable bonds is 4. The van der Waals surface area contributed by atoms with Crippen LogP contribution in [0.1, 0.15) is 86.0 Å². The van der Waals surface area contributed by atoms with Gasteiger partial charge < -0.3 is 5.11 Å². The number of carbonyl (C=O) groups is 1. The van der Waals surface area contributed by atoms with Gasteiger partial charge in [0.1, 0.15) is 0 Å². The fourth-order valence-electron chi connectivity index (χ4n) is 7.29. The number of aliphatic hydroxyl groups is 1. The van der Waals surface area contributed by atoms with Gasteiger partial charge in [0.15, 0.2) is 5.78 Å². The molecule has 0 aromatic rings. The summed E-state index contributed by atoms with van der Waals surface area (Å²) < 4.78 is 0. The standard InChI is InChI=1S/C27H40O2/c1-17(2)7-6-8-18(3)21-9-10-22-25-23(12-14-27(21,22)5)26(4)13-11-20(28)15-19(26)16-24(25)29/h6,8,16-18,20-22,28H,7,9-15H2,1-5H3/b8-6+/t18-,20?,21-,22+,26+,27-/m1/s1. The van der Waals surface area contributed by atoms with E-state index in [-0.39, 0.29) is 22.7 Å². The van der Waals surface area contributed by atoms with E-state index in [4.69, 9.17) is 0 Å². The number of allylic oxidation sites excluding steroid dienone is 5. The van der Waals surface area contributed by atoms with E-state index in [1.54, 1.807) is 0 Å². The predicted octanol–water partition coefficient (Wildman–Crippen LogP) is 6.41. The Morgan fingerprint density at radius 3 is 2.66 bits per heavy atom. The second-order valence-electron chi connectivity index (χ2n) is 11.3. The van der Waals surface area contributed by atoms with E-state index in [0.29, 0.717) is 30.1 Å². The van der Waals surface area contributed by atoms with Gasteiger partial charge in [-0.2, -0.15) is 0 Å². The first kappa shape index (κ1) is 21.1. The molecule has 0 bridgehead atoms. The van der Waals surface area contributed by atoms with Gasteiger partial charge in [-0.3, -0.25) is 4.79 Å². The number of fused-ring (bicyclic) bond motifs is 4. The van der Waals surface area contributed by atoms with Crippen LogP contribution in [0.25, 0.3) is 0 Å². The van der Waals surface area contributed by atoms with E-state index in [2.05, 4.69) is 46.8 Å². The van der Waals surface area contributed by atoms with E-state index in [9.17, 15) is 9.90 Å². The minimum absolute atomic E-state index is 0.0185. The van der Waals surface area contributed by atoms with Crippen molar-refractivity contribution in [2.75, 3.05) is 0 Å². The van der Waals surface area contributed by atoms with E-state index < -0.39 is 0 Å². The normalized spacial score (nSPS) is 40.7. The molecule has 0 aromatic heterocycles. The van der Waals surface area contributed by atoms with E-state index in [0.717, 1.165) is 32.1 Å². The van der Waals surface area contributed by atoms with Gasteiger partial charge in [-0.05, 0) is 86.5 Å². The summed E-state index contributed by atoms with van der Waals surface area (Å²) in [5.74, 6) is 2.65. The maximum absolute atomic E-state index is 13.3. The van der Waals surface area contributed by atoms with Crippen LogP contribution in [-0.4, -0.2) is 17.0 Å². The van der Waals surface area contributed by atoms with Crippen LogP contribution in [0.15, 0.2) is 34.9 Å². The van der Waals surface area contributed by atoms with Gasteiger partial charge in [-0.25, -0.2) is 0 Å². The highest BCUT2D eigenvalue weighted by atomic mass is 16.3. The molecular weight excluding hydrogens is 356 g/mol. The van der Waals surface area contributed by atoms with Crippen LogP contribution in [0, 0.1) is 34.5 Å². The zero-order valence-electron chi connectivity index (χ0n) is 19.1. The molecule has 1 N–H and O–H groups in total. The van der Waals surface area contributed by atoms with Gasteiger partial charge in [0.2, 0.25) is 0 Å². The Bertz CT molecular complexity index is 769. The maximum Gasteiger partial charge on any atom is 0.182 e. The van der Waals surface area contributed by atoms with Crippen LogP contribution in [0.2, 0.25) is 0 Å². The molecule has 29 heavy (non-hydrogen) atoms. The topological polar surface area (TPSA) is 37.3 Å². The molecule has 0 aromatic carbocycles. The molecule has 0 amide bonds. The molecule has 160 valence electrons. The number of aliphatic hydroxyl groups excluding tert-OH is 1. The van der Waals surface area contributed by atoms with Crippen LogP contribution >= 0.6 is 0 Å². The zero-order chi connectivity index (χ0) is 21.0. The molecule has 2 nitrogen and oxygen atoms in total. The average Bonchev–Trinajstić information content (AvgIpc) is 3.00. The summed E-state index contributed by atoms with van der Waals surface area (Å²) in [6.45, 7) is 11.8. The van der Waals surface area contributed by atoms with Crippen LogP contribution < -0.4 is 0 Å². The molecule has 0 heterocycles. The molecular formula is C27H40O2. The molecule has 2 heteroatoms. The third-order valence-electron chi connectivity index (χ3n) is 9.06. The van der Waals surface area contributed by atoms with Crippen molar-refractivity contribution in [3.05, 3.63) is 34.9 Å². The molecule has 0 saturated heterocycles. The smallest absolute Gasteiger partial charge is 0.182 e. The number of ketones is 1. The summed E-state index contributed by atoms with van der Waals surface area (Å²) >= 11 is 0. The van der Waals surface area contributed by atoms with Crippen molar-refractivity contribution in [1.29, 1.82) is 0 Å².